The summed E-state index contributed by atoms with van der Waals surface area (Å²) in [6.45, 7) is 7.07. The summed E-state index contributed by atoms with van der Waals surface area (Å²) >= 11 is 16.8. The maximum absolute atomic E-state index is 12.1. The number of nitrogens with one attached hydrogen (secondary N) is 2. The van der Waals surface area contributed by atoms with Crippen molar-refractivity contribution in [3.05, 3.63) is 12.5 Å². The molecule has 1 aliphatic heterocycles. The van der Waals surface area contributed by atoms with Crippen molar-refractivity contribution in [3.8, 4) is 0 Å². The smallest absolute Gasteiger partial charge is 0.412 e. The number of nitrogens with zero attached hydrogens (tertiary/aromatic N) is 3. The van der Waals surface area contributed by atoms with E-state index in [4.69, 9.17) is 54.4 Å². The van der Waals surface area contributed by atoms with E-state index in [-0.39, 0.29) is 18.5 Å². The Morgan fingerprint density at radius 1 is 1.38 bits per heavy atom. The van der Waals surface area contributed by atoms with Gasteiger partial charge in [0.2, 0.25) is 3.79 Å². The van der Waals surface area contributed by atoms with Gasteiger partial charge in [0.1, 0.15) is 12.4 Å². The summed E-state index contributed by atoms with van der Waals surface area (Å²) in [5.74, 6) is 0.577. The van der Waals surface area contributed by atoms with Crippen LogP contribution in [0.2, 0.25) is 0 Å². The summed E-state index contributed by atoms with van der Waals surface area (Å²) in [6.07, 6.45) is 5.55. The van der Waals surface area contributed by atoms with Crippen molar-refractivity contribution in [1.82, 2.24) is 14.9 Å². The zero-order valence-electron chi connectivity index (χ0n) is 18.5. The molecule has 2 rings (SSSR count). The van der Waals surface area contributed by atoms with Crippen molar-refractivity contribution < 1.29 is 19.0 Å². The number of halogens is 3. The van der Waals surface area contributed by atoms with Gasteiger partial charge in [0.05, 0.1) is 12.9 Å². The lowest BCUT2D eigenvalue weighted by Crippen LogP contribution is -2.36. The molecule has 0 bridgehead atoms. The van der Waals surface area contributed by atoms with Gasteiger partial charge in [-0.25, -0.2) is 14.8 Å². The quantitative estimate of drug-likeness (QED) is 0.290. The average Bonchev–Trinajstić information content (AvgIpc) is 3.13. The predicted molar refractivity (Wildman–Crippen MR) is 125 cm³/mol. The summed E-state index contributed by atoms with van der Waals surface area (Å²) in [6, 6.07) is 0. The molecule has 0 saturated carbocycles. The number of hydrogen-bond acceptors (Lipinski definition) is 7. The lowest BCUT2D eigenvalue weighted by atomic mass is 9.88. The summed E-state index contributed by atoms with van der Waals surface area (Å²) in [4.78, 5) is 20.7. The Morgan fingerprint density at radius 3 is 2.75 bits per heavy atom. The van der Waals surface area contributed by atoms with Gasteiger partial charge in [-0.2, -0.15) is 0 Å². The van der Waals surface area contributed by atoms with Crippen LogP contribution in [-0.4, -0.2) is 57.1 Å². The predicted octanol–water partition coefficient (Wildman–Crippen LogP) is 5.01. The van der Waals surface area contributed by atoms with Crippen LogP contribution >= 0.6 is 34.8 Å². The molecule has 0 spiro atoms. The number of amides is 1. The minimum absolute atomic E-state index is 0.0986. The van der Waals surface area contributed by atoms with Crippen LogP contribution in [0.4, 0.5) is 10.6 Å². The third-order valence-electron chi connectivity index (χ3n) is 4.52. The van der Waals surface area contributed by atoms with Gasteiger partial charge in [0.25, 0.3) is 0 Å². The first-order valence-electron chi connectivity index (χ1n) is 10.3. The maximum atomic E-state index is 12.1. The van der Waals surface area contributed by atoms with E-state index in [0.717, 1.165) is 25.9 Å². The highest BCUT2D eigenvalue weighted by Crippen LogP contribution is 2.26. The highest BCUT2D eigenvalue weighted by atomic mass is 35.6. The normalized spacial score (nSPS) is 17.8. The van der Waals surface area contributed by atoms with E-state index in [2.05, 4.69) is 15.3 Å². The number of carbonyl (C=O) groups is 1. The van der Waals surface area contributed by atoms with E-state index in [1.165, 1.54) is 0 Å². The molecule has 2 heterocycles. The van der Waals surface area contributed by atoms with Crippen molar-refractivity contribution in [3.63, 3.8) is 0 Å². The first kappa shape index (κ1) is 26.9. The number of alkyl halides is 3. The molecule has 0 aromatic carbocycles. The third kappa shape index (κ3) is 10.5. The number of imidazole rings is 1. The fourth-order valence-electron chi connectivity index (χ4n) is 2.64. The molecule has 1 saturated heterocycles. The minimum Gasteiger partial charge on any atom is -0.445 e. The van der Waals surface area contributed by atoms with Gasteiger partial charge >= 0.3 is 6.09 Å². The van der Waals surface area contributed by atoms with Gasteiger partial charge in [-0.3, -0.25) is 5.32 Å². The summed E-state index contributed by atoms with van der Waals surface area (Å²) < 4.78 is 16.3. The third-order valence-corrected chi connectivity index (χ3v) is 4.85. The van der Waals surface area contributed by atoms with Crippen LogP contribution in [0.3, 0.4) is 0 Å². The van der Waals surface area contributed by atoms with Crippen molar-refractivity contribution in [2.45, 2.75) is 63.1 Å². The highest BCUT2D eigenvalue weighted by molar-refractivity contribution is 6.67. The van der Waals surface area contributed by atoms with Gasteiger partial charge in [0.15, 0.2) is 12.1 Å². The zero-order valence-corrected chi connectivity index (χ0v) is 20.8. The van der Waals surface area contributed by atoms with E-state index in [9.17, 15) is 4.79 Å². The fraction of sp³-hybridized carbons (Fsp3) is 0.700. The van der Waals surface area contributed by atoms with Crippen LogP contribution in [0.25, 0.3) is 0 Å². The Hall–Kier alpha value is -1.39. The van der Waals surface area contributed by atoms with Crippen molar-refractivity contribution in [1.29, 1.82) is 5.41 Å². The molecule has 1 fully saturated rings. The second-order valence-corrected chi connectivity index (χ2v) is 10.9. The number of ether oxygens (including phenoxy) is 3. The van der Waals surface area contributed by atoms with Crippen LogP contribution < -0.4 is 5.32 Å². The lowest BCUT2D eigenvalue weighted by molar-refractivity contribution is -0.163. The zero-order chi connectivity index (χ0) is 23.8. The first-order valence-corrected chi connectivity index (χ1v) is 11.5. The van der Waals surface area contributed by atoms with E-state index in [1.807, 2.05) is 25.3 Å². The Morgan fingerprint density at radius 2 is 2.12 bits per heavy atom. The van der Waals surface area contributed by atoms with Crippen molar-refractivity contribution in [2.75, 3.05) is 19.8 Å². The van der Waals surface area contributed by atoms with Crippen LogP contribution in [0.1, 0.15) is 46.5 Å². The Labute approximate surface area is 203 Å². The molecule has 0 radical (unpaired) electrons. The number of amidine groups is 1. The molecular weight excluding hydrogens is 481 g/mol. The average molecular weight is 511 g/mol. The van der Waals surface area contributed by atoms with E-state index >= 15 is 0 Å². The van der Waals surface area contributed by atoms with Crippen LogP contribution in [-0.2, 0) is 20.8 Å². The van der Waals surface area contributed by atoms with E-state index in [1.54, 1.807) is 12.5 Å². The number of alkyl carbamates (subject to hydrolysis) is 1. The minimum atomic E-state index is -1.73. The van der Waals surface area contributed by atoms with Gasteiger partial charge in [0, 0.05) is 31.5 Å². The largest absolute Gasteiger partial charge is 0.445 e. The molecule has 180 valence electrons. The molecule has 1 amide bonds. The van der Waals surface area contributed by atoms with Crippen LogP contribution in [0.5, 0.6) is 0 Å². The molecule has 12 heteroatoms. The SMILES string of the molecule is CC(C)(C)C(=N)CC(=Nc1cn(CCOC2CCCCO2)cn1)NC(=O)OCC(Cl)(Cl)Cl. The molecular formula is C20H30Cl3N5O4. The molecule has 1 unspecified atom stereocenters. The molecule has 9 nitrogen and oxygen atoms in total. The second kappa shape index (κ2) is 12.2. The number of carbonyl (C=O) groups excluding carboxylic acids is 1. The summed E-state index contributed by atoms with van der Waals surface area (Å²) in [7, 11) is 0. The molecule has 2 N–H and O–H groups in total. The van der Waals surface area contributed by atoms with Crippen molar-refractivity contribution in [2.24, 2.45) is 10.4 Å². The highest BCUT2D eigenvalue weighted by Gasteiger charge is 2.24. The monoisotopic (exact) mass is 509 g/mol. The fourth-order valence-corrected chi connectivity index (χ4v) is 2.81. The number of rotatable bonds is 8. The number of aliphatic imine (C=N–C) groups is 1. The van der Waals surface area contributed by atoms with E-state index in [0.29, 0.717) is 24.7 Å². The standard InChI is InChI=1S/C20H30Cl3N5O4/c1-19(2,3)14(24)10-15(27-18(29)32-12-20(21,22)23)26-16-11-28(13-25-16)7-9-31-17-6-4-5-8-30-17/h11,13,17,24H,4-10,12H2,1-3H3,(H,26,27,29). The molecule has 1 atom stereocenters. The van der Waals surface area contributed by atoms with Gasteiger partial charge in [-0.1, -0.05) is 55.6 Å². The first-order chi connectivity index (χ1) is 14.9. The maximum Gasteiger partial charge on any atom is 0.412 e. The van der Waals surface area contributed by atoms with E-state index < -0.39 is 21.9 Å². The molecule has 1 aromatic heterocycles. The molecule has 1 aromatic rings. The number of hydrogen-bond donors (Lipinski definition) is 2. The molecule has 32 heavy (non-hydrogen) atoms. The Balaban J connectivity index is 1.99. The van der Waals surface area contributed by atoms with Crippen LogP contribution in [0, 0.1) is 10.8 Å². The summed E-state index contributed by atoms with van der Waals surface area (Å²) in [5.41, 5.74) is -0.0276. The lowest BCUT2D eigenvalue weighted by Gasteiger charge is -2.22. The van der Waals surface area contributed by atoms with Crippen molar-refractivity contribution >= 4 is 58.3 Å². The molecule has 0 aliphatic carbocycles. The number of aromatic nitrogens is 2. The van der Waals surface area contributed by atoms with Crippen LogP contribution in [0.15, 0.2) is 17.5 Å². The molecule has 1 aliphatic rings. The Kier molecular flexibility index (Phi) is 10.2. The van der Waals surface area contributed by atoms with Gasteiger partial charge < -0.3 is 24.2 Å². The van der Waals surface area contributed by atoms with Gasteiger partial charge in [-0.15, -0.1) is 0 Å². The second-order valence-electron chi connectivity index (χ2n) is 8.42. The topological polar surface area (TPSA) is 111 Å². The Bertz CT molecular complexity index is 796. The van der Waals surface area contributed by atoms with Gasteiger partial charge in [-0.05, 0) is 24.7 Å². The summed E-state index contributed by atoms with van der Waals surface area (Å²) in [5, 5.41) is 10.8.